The lowest BCUT2D eigenvalue weighted by Crippen LogP contribution is -2.54. The molecule has 4 aliphatic rings. The average molecular weight is 330 g/mol. The molecule has 0 radical (unpaired) electrons. The van der Waals surface area contributed by atoms with Crippen LogP contribution >= 0.6 is 0 Å². The molecular formula is C20H26O4. The lowest BCUT2D eigenvalue weighted by molar-refractivity contribution is -0.167. The van der Waals surface area contributed by atoms with Crippen LogP contribution in [0.15, 0.2) is 11.6 Å². The van der Waals surface area contributed by atoms with Gasteiger partial charge in [0.1, 0.15) is 11.2 Å². The van der Waals surface area contributed by atoms with E-state index in [4.69, 9.17) is 4.74 Å². The number of esters is 1. The second kappa shape index (κ2) is 5.27. The van der Waals surface area contributed by atoms with E-state index >= 15 is 0 Å². The van der Waals surface area contributed by atoms with Crippen LogP contribution in [0.25, 0.3) is 0 Å². The van der Waals surface area contributed by atoms with E-state index in [9.17, 15) is 14.4 Å². The summed E-state index contributed by atoms with van der Waals surface area (Å²) < 4.78 is 5.07. The van der Waals surface area contributed by atoms with E-state index in [0.717, 1.165) is 32.1 Å². The molecule has 0 saturated heterocycles. The van der Waals surface area contributed by atoms with Crippen molar-refractivity contribution in [1.82, 2.24) is 0 Å². The highest BCUT2D eigenvalue weighted by molar-refractivity contribution is 6.06. The smallest absolute Gasteiger partial charge is 0.319 e. The highest BCUT2D eigenvalue weighted by atomic mass is 16.5. The SMILES string of the molecule is COC(=O)C12CCC3C(CCC4=CC(=O)CCC43C)C1CCC2=O. The summed E-state index contributed by atoms with van der Waals surface area (Å²) in [6.07, 6.45) is 8.23. The molecule has 0 N–H and O–H groups in total. The van der Waals surface area contributed by atoms with Gasteiger partial charge in [0.15, 0.2) is 5.78 Å². The highest BCUT2D eigenvalue weighted by Gasteiger charge is 2.64. The lowest BCUT2D eigenvalue weighted by atomic mass is 9.47. The number of rotatable bonds is 1. The number of hydrogen-bond donors (Lipinski definition) is 0. The second-order valence-corrected chi connectivity index (χ2v) is 8.43. The molecule has 130 valence electrons. The van der Waals surface area contributed by atoms with Crippen LogP contribution in [0.1, 0.15) is 58.3 Å². The number of allylic oxidation sites excluding steroid dienone is 1. The zero-order valence-corrected chi connectivity index (χ0v) is 14.6. The summed E-state index contributed by atoms with van der Waals surface area (Å²) in [7, 11) is 1.40. The minimum atomic E-state index is -0.877. The molecule has 0 amide bonds. The summed E-state index contributed by atoms with van der Waals surface area (Å²) >= 11 is 0. The fourth-order valence-electron chi connectivity index (χ4n) is 6.57. The molecule has 4 rings (SSSR count). The van der Waals surface area contributed by atoms with Crippen LogP contribution in [-0.4, -0.2) is 24.6 Å². The lowest BCUT2D eigenvalue weighted by Gasteiger charge is -2.56. The fraction of sp³-hybridized carbons (Fsp3) is 0.750. The summed E-state index contributed by atoms with van der Waals surface area (Å²) in [5.74, 6) is 1.07. The normalized spacial score (nSPS) is 44.2. The molecule has 0 spiro atoms. The van der Waals surface area contributed by atoms with Crippen molar-refractivity contribution in [3.63, 3.8) is 0 Å². The monoisotopic (exact) mass is 330 g/mol. The van der Waals surface area contributed by atoms with E-state index in [2.05, 4.69) is 6.92 Å². The minimum Gasteiger partial charge on any atom is -0.468 e. The van der Waals surface area contributed by atoms with E-state index in [-0.39, 0.29) is 28.9 Å². The fourth-order valence-corrected chi connectivity index (χ4v) is 6.57. The Balaban J connectivity index is 1.72. The predicted octanol–water partition coefficient (Wildman–Crippen LogP) is 3.24. The molecule has 5 atom stereocenters. The molecule has 4 heteroatoms. The van der Waals surface area contributed by atoms with Crippen molar-refractivity contribution in [2.75, 3.05) is 7.11 Å². The number of carbonyl (C=O) groups excluding carboxylic acids is 3. The molecule has 3 saturated carbocycles. The van der Waals surface area contributed by atoms with Crippen LogP contribution in [0.4, 0.5) is 0 Å². The van der Waals surface area contributed by atoms with Gasteiger partial charge in [-0.25, -0.2) is 0 Å². The van der Waals surface area contributed by atoms with Crippen LogP contribution in [0.5, 0.6) is 0 Å². The van der Waals surface area contributed by atoms with Crippen molar-refractivity contribution in [3.05, 3.63) is 11.6 Å². The summed E-state index contributed by atoms with van der Waals surface area (Å²) in [5.41, 5.74) is 0.512. The van der Waals surface area contributed by atoms with Gasteiger partial charge in [0, 0.05) is 12.8 Å². The van der Waals surface area contributed by atoms with Crippen molar-refractivity contribution >= 4 is 17.5 Å². The summed E-state index contributed by atoms with van der Waals surface area (Å²) in [5, 5.41) is 0. The number of ketones is 2. The van der Waals surface area contributed by atoms with E-state index in [1.165, 1.54) is 12.7 Å². The zero-order chi connectivity index (χ0) is 17.1. The molecule has 5 unspecified atom stereocenters. The quantitative estimate of drug-likeness (QED) is 0.547. The molecular weight excluding hydrogens is 304 g/mol. The third-order valence-electron chi connectivity index (χ3n) is 7.77. The van der Waals surface area contributed by atoms with E-state index < -0.39 is 5.41 Å². The second-order valence-electron chi connectivity index (χ2n) is 8.43. The highest BCUT2D eigenvalue weighted by Crippen LogP contribution is 2.64. The third kappa shape index (κ3) is 1.89. The Hall–Kier alpha value is -1.45. The van der Waals surface area contributed by atoms with Crippen LogP contribution in [0.2, 0.25) is 0 Å². The topological polar surface area (TPSA) is 60.4 Å². The van der Waals surface area contributed by atoms with E-state index in [1.54, 1.807) is 0 Å². The molecule has 4 aliphatic carbocycles. The van der Waals surface area contributed by atoms with Crippen LogP contribution < -0.4 is 0 Å². The number of ether oxygens (including phenoxy) is 1. The predicted molar refractivity (Wildman–Crippen MR) is 88.1 cm³/mol. The molecule has 0 bridgehead atoms. The largest absolute Gasteiger partial charge is 0.468 e. The van der Waals surface area contributed by atoms with E-state index in [0.29, 0.717) is 31.1 Å². The molecule has 24 heavy (non-hydrogen) atoms. The molecule has 0 aliphatic heterocycles. The molecule has 4 nitrogen and oxygen atoms in total. The van der Waals surface area contributed by atoms with Gasteiger partial charge in [-0.1, -0.05) is 12.5 Å². The van der Waals surface area contributed by atoms with Gasteiger partial charge in [-0.15, -0.1) is 0 Å². The first-order chi connectivity index (χ1) is 11.4. The molecule has 0 heterocycles. The van der Waals surface area contributed by atoms with Gasteiger partial charge in [-0.05, 0) is 67.8 Å². The van der Waals surface area contributed by atoms with Gasteiger partial charge in [0.05, 0.1) is 7.11 Å². The molecule has 0 aromatic rings. The Kier molecular flexibility index (Phi) is 3.52. The molecule has 0 aromatic heterocycles. The summed E-state index contributed by atoms with van der Waals surface area (Å²) in [6, 6.07) is 0. The number of methoxy groups -OCH3 is 1. The minimum absolute atomic E-state index is 0.0742. The Morgan fingerprint density at radius 2 is 1.88 bits per heavy atom. The van der Waals surface area contributed by atoms with Crippen molar-refractivity contribution in [2.24, 2.45) is 28.6 Å². The van der Waals surface area contributed by atoms with Crippen molar-refractivity contribution in [2.45, 2.75) is 58.3 Å². The first kappa shape index (κ1) is 16.0. The van der Waals surface area contributed by atoms with Gasteiger partial charge in [0.2, 0.25) is 0 Å². The number of carbonyl (C=O) groups is 3. The Morgan fingerprint density at radius 1 is 1.08 bits per heavy atom. The maximum Gasteiger partial charge on any atom is 0.319 e. The number of fused-ring (bicyclic) bond motifs is 5. The van der Waals surface area contributed by atoms with Crippen LogP contribution in [-0.2, 0) is 19.1 Å². The van der Waals surface area contributed by atoms with Gasteiger partial charge in [0.25, 0.3) is 0 Å². The van der Waals surface area contributed by atoms with E-state index in [1.807, 2.05) is 6.08 Å². The van der Waals surface area contributed by atoms with Gasteiger partial charge in [-0.3, -0.25) is 14.4 Å². The maximum atomic E-state index is 12.7. The average Bonchev–Trinajstić information content (AvgIpc) is 2.93. The zero-order valence-electron chi connectivity index (χ0n) is 14.6. The van der Waals surface area contributed by atoms with Crippen molar-refractivity contribution < 1.29 is 19.1 Å². The van der Waals surface area contributed by atoms with Crippen LogP contribution in [0, 0.1) is 28.6 Å². The van der Waals surface area contributed by atoms with Crippen molar-refractivity contribution in [3.8, 4) is 0 Å². The molecule has 3 fully saturated rings. The number of hydrogen-bond acceptors (Lipinski definition) is 4. The molecule has 0 aromatic carbocycles. The Labute approximate surface area is 143 Å². The van der Waals surface area contributed by atoms with Crippen molar-refractivity contribution in [1.29, 1.82) is 0 Å². The van der Waals surface area contributed by atoms with Gasteiger partial charge < -0.3 is 4.74 Å². The van der Waals surface area contributed by atoms with Crippen LogP contribution in [0.3, 0.4) is 0 Å². The summed E-state index contributed by atoms with van der Waals surface area (Å²) in [6.45, 7) is 2.31. The summed E-state index contributed by atoms with van der Waals surface area (Å²) in [4.78, 5) is 37.1. The Morgan fingerprint density at radius 3 is 2.62 bits per heavy atom. The first-order valence-electron chi connectivity index (χ1n) is 9.29. The standard InChI is InChI=1S/C20H26O4/c1-19-9-7-13(21)11-12(19)3-4-14-15(19)8-10-20(18(23)24-2)16(14)5-6-17(20)22/h11,14-16H,3-10H2,1-2H3. The van der Waals surface area contributed by atoms with Gasteiger partial charge in [-0.2, -0.15) is 0 Å². The first-order valence-corrected chi connectivity index (χ1v) is 9.29. The van der Waals surface area contributed by atoms with Gasteiger partial charge >= 0.3 is 5.97 Å². The Bertz CT molecular complexity index is 648. The third-order valence-corrected chi connectivity index (χ3v) is 7.77. The number of Topliss-reactive ketones (excluding diaryl/α,β-unsaturated/α-hetero) is 1. The maximum absolute atomic E-state index is 12.7.